The molecule has 2 aromatic heterocycles. The lowest BCUT2D eigenvalue weighted by atomic mass is 10.0. The maximum absolute atomic E-state index is 13.5. The van der Waals surface area contributed by atoms with Crippen LogP contribution in [0, 0.1) is 13.8 Å². The SMILES string of the molecule is CCOc1ccc(-c2c(C)sc3nc(C)n(C(C)C(=O)OC(C)CC)c(=O)c23)cc1. The second-order valence-electron chi connectivity index (χ2n) is 7.34. The van der Waals surface area contributed by atoms with Crippen molar-refractivity contribution in [3.8, 4) is 16.9 Å². The van der Waals surface area contributed by atoms with E-state index in [1.807, 2.05) is 52.0 Å². The molecule has 0 saturated carbocycles. The van der Waals surface area contributed by atoms with Crippen molar-refractivity contribution in [2.75, 3.05) is 6.61 Å². The Morgan fingerprint density at radius 2 is 1.83 bits per heavy atom. The molecule has 2 unspecified atom stereocenters. The number of hydrogen-bond acceptors (Lipinski definition) is 6. The van der Waals surface area contributed by atoms with Crippen LogP contribution in [0.5, 0.6) is 5.75 Å². The van der Waals surface area contributed by atoms with E-state index in [4.69, 9.17) is 9.47 Å². The summed E-state index contributed by atoms with van der Waals surface area (Å²) in [7, 11) is 0. The molecule has 0 bridgehead atoms. The van der Waals surface area contributed by atoms with Crippen LogP contribution in [-0.2, 0) is 9.53 Å². The number of aromatic nitrogens is 2. The highest BCUT2D eigenvalue weighted by Gasteiger charge is 2.25. The standard InChI is InChI=1S/C23H28N2O4S/c1-7-13(3)29-23(27)14(4)25-16(6)24-21-20(22(25)26)19(15(5)30-21)17-9-11-18(12-10-17)28-8-2/h9-14H,7-8H2,1-6H3. The first-order valence-corrected chi connectivity index (χ1v) is 11.1. The van der Waals surface area contributed by atoms with Gasteiger partial charge in [-0.1, -0.05) is 19.1 Å². The van der Waals surface area contributed by atoms with Gasteiger partial charge in [0.2, 0.25) is 0 Å². The summed E-state index contributed by atoms with van der Waals surface area (Å²) in [6, 6.07) is 6.94. The summed E-state index contributed by atoms with van der Waals surface area (Å²) < 4.78 is 12.4. The smallest absolute Gasteiger partial charge is 0.329 e. The molecule has 0 aliphatic heterocycles. The summed E-state index contributed by atoms with van der Waals surface area (Å²) in [5.74, 6) is 0.858. The molecule has 0 N–H and O–H groups in total. The second kappa shape index (κ2) is 9.00. The lowest BCUT2D eigenvalue weighted by Gasteiger charge is -2.19. The van der Waals surface area contributed by atoms with Crippen molar-refractivity contribution >= 4 is 27.5 Å². The number of thiophene rings is 1. The number of aryl methyl sites for hydroxylation is 2. The van der Waals surface area contributed by atoms with Crippen LogP contribution in [0.3, 0.4) is 0 Å². The average Bonchev–Trinajstić information content (AvgIpc) is 3.04. The van der Waals surface area contributed by atoms with Gasteiger partial charge in [0.1, 0.15) is 22.4 Å². The number of carbonyl (C=O) groups is 1. The minimum atomic E-state index is -0.753. The van der Waals surface area contributed by atoms with Crippen LogP contribution in [0.15, 0.2) is 29.1 Å². The first-order valence-electron chi connectivity index (χ1n) is 10.2. The molecular formula is C23H28N2O4S. The van der Waals surface area contributed by atoms with Crippen molar-refractivity contribution in [2.45, 2.75) is 60.1 Å². The molecule has 0 fully saturated rings. The molecule has 3 rings (SSSR count). The number of fused-ring (bicyclic) bond motifs is 1. The summed E-state index contributed by atoms with van der Waals surface area (Å²) in [4.78, 5) is 32.4. The summed E-state index contributed by atoms with van der Waals surface area (Å²) >= 11 is 1.49. The molecule has 2 atom stereocenters. The van der Waals surface area contributed by atoms with Crippen LogP contribution in [0.25, 0.3) is 21.3 Å². The lowest BCUT2D eigenvalue weighted by Crippen LogP contribution is -2.33. The Morgan fingerprint density at radius 1 is 1.17 bits per heavy atom. The number of carbonyl (C=O) groups excluding carboxylic acids is 1. The van der Waals surface area contributed by atoms with Gasteiger partial charge in [0, 0.05) is 10.4 Å². The molecule has 2 heterocycles. The molecule has 7 heteroatoms. The number of benzene rings is 1. The van der Waals surface area contributed by atoms with E-state index in [9.17, 15) is 9.59 Å². The van der Waals surface area contributed by atoms with Gasteiger partial charge in [-0.2, -0.15) is 0 Å². The highest BCUT2D eigenvalue weighted by Crippen LogP contribution is 2.36. The van der Waals surface area contributed by atoms with E-state index >= 15 is 0 Å². The van der Waals surface area contributed by atoms with Crippen LogP contribution in [0.1, 0.15) is 50.9 Å². The van der Waals surface area contributed by atoms with Crippen LogP contribution in [0.2, 0.25) is 0 Å². The van der Waals surface area contributed by atoms with Gasteiger partial charge in [-0.15, -0.1) is 11.3 Å². The zero-order valence-electron chi connectivity index (χ0n) is 18.3. The second-order valence-corrected chi connectivity index (χ2v) is 8.54. The topological polar surface area (TPSA) is 70.4 Å². The summed E-state index contributed by atoms with van der Waals surface area (Å²) in [5.41, 5.74) is 1.55. The Bertz CT molecular complexity index is 1110. The molecule has 0 radical (unpaired) electrons. The first kappa shape index (κ1) is 22.0. The fourth-order valence-electron chi connectivity index (χ4n) is 3.45. The van der Waals surface area contributed by atoms with Crippen molar-refractivity contribution < 1.29 is 14.3 Å². The minimum Gasteiger partial charge on any atom is -0.494 e. The molecule has 0 saturated heterocycles. The van der Waals surface area contributed by atoms with Crippen LogP contribution in [-0.4, -0.2) is 28.2 Å². The molecule has 160 valence electrons. The summed E-state index contributed by atoms with van der Waals surface area (Å²) in [6.45, 7) is 11.7. The number of esters is 1. The average molecular weight is 429 g/mol. The monoisotopic (exact) mass is 428 g/mol. The Morgan fingerprint density at radius 3 is 2.43 bits per heavy atom. The Labute approximate surface area is 180 Å². The van der Waals surface area contributed by atoms with E-state index in [1.54, 1.807) is 13.8 Å². The normalized spacial score (nSPS) is 13.3. The molecular weight excluding hydrogens is 400 g/mol. The van der Waals surface area contributed by atoms with Crippen molar-refractivity contribution in [2.24, 2.45) is 0 Å². The molecule has 6 nitrogen and oxygen atoms in total. The number of hydrogen-bond donors (Lipinski definition) is 0. The van der Waals surface area contributed by atoms with Gasteiger partial charge in [-0.05, 0) is 58.7 Å². The van der Waals surface area contributed by atoms with Crippen LogP contribution >= 0.6 is 11.3 Å². The van der Waals surface area contributed by atoms with Gasteiger partial charge in [0.25, 0.3) is 5.56 Å². The predicted octanol–water partition coefficient (Wildman–Crippen LogP) is 5.04. The maximum Gasteiger partial charge on any atom is 0.329 e. The minimum absolute atomic E-state index is 0.199. The first-order chi connectivity index (χ1) is 14.3. The Balaban J connectivity index is 2.13. The van der Waals surface area contributed by atoms with Gasteiger partial charge >= 0.3 is 5.97 Å². The zero-order chi connectivity index (χ0) is 22.0. The zero-order valence-corrected chi connectivity index (χ0v) is 19.1. The van der Waals surface area contributed by atoms with Crippen LogP contribution in [0.4, 0.5) is 0 Å². The molecule has 1 aromatic carbocycles. The third-order valence-electron chi connectivity index (χ3n) is 5.19. The maximum atomic E-state index is 13.5. The molecule has 0 spiro atoms. The molecule has 0 aliphatic rings. The molecule has 30 heavy (non-hydrogen) atoms. The van der Waals surface area contributed by atoms with Crippen LogP contribution < -0.4 is 10.3 Å². The van der Waals surface area contributed by atoms with E-state index in [-0.39, 0.29) is 11.7 Å². The molecule has 0 amide bonds. The fourth-order valence-corrected chi connectivity index (χ4v) is 4.53. The van der Waals surface area contributed by atoms with Crippen molar-refractivity contribution in [3.05, 3.63) is 45.3 Å². The quantitative estimate of drug-likeness (QED) is 0.493. The molecule has 3 aromatic rings. The highest BCUT2D eigenvalue weighted by atomic mass is 32.1. The number of rotatable bonds is 7. The highest BCUT2D eigenvalue weighted by molar-refractivity contribution is 7.19. The predicted molar refractivity (Wildman–Crippen MR) is 121 cm³/mol. The summed E-state index contributed by atoms with van der Waals surface area (Å²) in [6.07, 6.45) is 0.519. The van der Waals surface area contributed by atoms with E-state index in [0.717, 1.165) is 28.2 Å². The van der Waals surface area contributed by atoms with Crippen molar-refractivity contribution in [1.82, 2.24) is 9.55 Å². The van der Waals surface area contributed by atoms with E-state index in [2.05, 4.69) is 4.98 Å². The Kier molecular flexibility index (Phi) is 6.61. The van der Waals surface area contributed by atoms with Gasteiger partial charge in [-0.3, -0.25) is 9.36 Å². The van der Waals surface area contributed by atoms with E-state index in [1.165, 1.54) is 15.9 Å². The third-order valence-corrected chi connectivity index (χ3v) is 6.18. The van der Waals surface area contributed by atoms with Crippen molar-refractivity contribution in [1.29, 1.82) is 0 Å². The molecule has 0 aliphatic carbocycles. The van der Waals surface area contributed by atoms with Gasteiger partial charge in [0.05, 0.1) is 18.1 Å². The Hall–Kier alpha value is -2.67. The third kappa shape index (κ3) is 4.12. The largest absolute Gasteiger partial charge is 0.494 e. The van der Waals surface area contributed by atoms with Crippen molar-refractivity contribution in [3.63, 3.8) is 0 Å². The van der Waals surface area contributed by atoms with Gasteiger partial charge < -0.3 is 9.47 Å². The van der Waals surface area contributed by atoms with Gasteiger partial charge in [-0.25, -0.2) is 9.78 Å². The summed E-state index contributed by atoms with van der Waals surface area (Å²) in [5, 5.41) is 0.537. The van der Waals surface area contributed by atoms with E-state index in [0.29, 0.717) is 22.6 Å². The lowest BCUT2D eigenvalue weighted by molar-refractivity contribution is -0.152. The van der Waals surface area contributed by atoms with Gasteiger partial charge in [0.15, 0.2) is 0 Å². The van der Waals surface area contributed by atoms with E-state index < -0.39 is 12.0 Å². The fraction of sp³-hybridized carbons (Fsp3) is 0.435. The number of nitrogens with zero attached hydrogens (tertiary/aromatic N) is 2. The number of ether oxygens (including phenoxy) is 2.